The quantitative estimate of drug-likeness (QED) is 0.144. The Hall–Kier alpha value is -8.76. The van der Waals surface area contributed by atoms with Gasteiger partial charge in [0.2, 0.25) is 0 Å². The topological polar surface area (TPSA) is 16.4 Å². The highest BCUT2D eigenvalue weighted by Gasteiger charge is 2.18. The van der Waals surface area contributed by atoms with Crippen molar-refractivity contribution in [2.75, 3.05) is 4.90 Å². The van der Waals surface area contributed by atoms with Gasteiger partial charge in [-0.1, -0.05) is 200 Å². The molecule has 0 N–H and O–H groups in total. The zero-order valence-electron chi connectivity index (χ0n) is 37.6. The van der Waals surface area contributed by atoms with Gasteiger partial charge in [0.05, 0.1) is 0 Å². The van der Waals surface area contributed by atoms with Crippen LogP contribution in [-0.4, -0.2) is 0 Å². The molecular formula is C66H43NOS. The highest BCUT2D eigenvalue weighted by atomic mass is 32.1. The highest BCUT2D eigenvalue weighted by molar-refractivity contribution is 7.25. The highest BCUT2D eigenvalue weighted by Crippen LogP contribution is 2.43. The van der Waals surface area contributed by atoms with Gasteiger partial charge in [-0.25, -0.2) is 0 Å². The Balaban J connectivity index is 0.872. The summed E-state index contributed by atoms with van der Waals surface area (Å²) < 4.78 is 9.16. The zero-order chi connectivity index (χ0) is 45.7. The Morgan fingerprint density at radius 1 is 0.261 bits per heavy atom. The monoisotopic (exact) mass is 897 g/mol. The van der Waals surface area contributed by atoms with E-state index in [2.05, 4.69) is 260 Å². The van der Waals surface area contributed by atoms with Crippen LogP contribution < -0.4 is 4.90 Å². The van der Waals surface area contributed by atoms with Crippen molar-refractivity contribution in [2.45, 2.75) is 0 Å². The molecule has 324 valence electrons. The molecule has 11 aromatic carbocycles. The first-order valence-electron chi connectivity index (χ1n) is 23.5. The SMILES string of the molecule is c1ccc(-c2ccccc2-c2ccccc2-c2ccc(N(c3ccc(-c4ccc5c(c4)sc4ccccc45)cc3)c3ccc(-c4ccc5oc6c(-c7ccccc7)cccc6c5c4)cc3)cc2)cc1. The van der Waals surface area contributed by atoms with E-state index in [4.69, 9.17) is 4.42 Å². The summed E-state index contributed by atoms with van der Waals surface area (Å²) in [5.41, 5.74) is 19.2. The van der Waals surface area contributed by atoms with Crippen molar-refractivity contribution in [3.63, 3.8) is 0 Å². The number of thiophene rings is 1. The van der Waals surface area contributed by atoms with E-state index in [0.29, 0.717) is 0 Å². The molecule has 13 aromatic rings. The van der Waals surface area contributed by atoms with Crippen molar-refractivity contribution in [2.24, 2.45) is 0 Å². The van der Waals surface area contributed by atoms with E-state index in [1.54, 1.807) is 0 Å². The number of fused-ring (bicyclic) bond motifs is 6. The minimum absolute atomic E-state index is 0.888. The summed E-state index contributed by atoms with van der Waals surface area (Å²) in [4.78, 5) is 2.36. The molecule has 0 bridgehead atoms. The second-order valence-corrected chi connectivity index (χ2v) is 18.7. The lowest BCUT2D eigenvalue weighted by Crippen LogP contribution is -2.09. The van der Waals surface area contributed by atoms with Crippen LogP contribution in [0.4, 0.5) is 17.1 Å². The molecule has 2 aromatic heterocycles. The molecule has 0 spiro atoms. The molecule has 0 aliphatic carbocycles. The van der Waals surface area contributed by atoms with E-state index in [0.717, 1.165) is 66.8 Å². The molecule has 69 heavy (non-hydrogen) atoms. The number of furan rings is 1. The molecule has 2 nitrogen and oxygen atoms in total. The summed E-state index contributed by atoms with van der Waals surface area (Å²) in [6.07, 6.45) is 0. The van der Waals surface area contributed by atoms with Crippen molar-refractivity contribution < 1.29 is 4.42 Å². The molecule has 0 amide bonds. The predicted octanol–water partition coefficient (Wildman–Crippen LogP) is 19.4. The standard InChI is InChI=1S/C66H43NOS/c1-3-14-46(15-4-1)54-18-7-9-20-57(54)58-21-10-8-19-55(58)48-30-38-53(39-31-48)67(52-36-28-45(29-37-52)50-32-40-60-59-22-11-12-25-64(59)69-65(60)43-50)51-34-26-44(27-35-51)49-33-41-63-62(42-49)61-24-13-23-56(66(61)68-63)47-16-5-2-6-17-47/h1-43H. The summed E-state index contributed by atoms with van der Waals surface area (Å²) in [7, 11) is 0. The van der Waals surface area contributed by atoms with Crippen LogP contribution in [0, 0.1) is 0 Å². The first-order chi connectivity index (χ1) is 34.2. The summed E-state index contributed by atoms with van der Waals surface area (Å²) in [6, 6.07) is 94.2. The van der Waals surface area contributed by atoms with Crippen LogP contribution in [0.25, 0.3) is 109 Å². The Bertz CT molecular complexity index is 3980. The molecule has 2 heterocycles. The van der Waals surface area contributed by atoms with E-state index in [9.17, 15) is 0 Å². The summed E-state index contributed by atoms with van der Waals surface area (Å²) in [6.45, 7) is 0. The van der Waals surface area contributed by atoms with Gasteiger partial charge in [-0.2, -0.15) is 0 Å². The van der Waals surface area contributed by atoms with E-state index >= 15 is 0 Å². The van der Waals surface area contributed by atoms with Gasteiger partial charge in [-0.05, 0) is 122 Å². The van der Waals surface area contributed by atoms with Gasteiger partial charge in [-0.3, -0.25) is 0 Å². The Labute approximate surface area is 405 Å². The molecule has 0 atom stereocenters. The molecule has 3 heteroatoms. The molecule has 0 saturated heterocycles. The molecule has 0 radical (unpaired) electrons. The minimum Gasteiger partial charge on any atom is -0.455 e. The smallest absolute Gasteiger partial charge is 0.143 e. The van der Waals surface area contributed by atoms with Gasteiger partial charge in [0, 0.05) is 53.6 Å². The first-order valence-corrected chi connectivity index (χ1v) is 24.3. The average molecular weight is 898 g/mol. The van der Waals surface area contributed by atoms with Crippen LogP contribution in [-0.2, 0) is 0 Å². The number of anilines is 3. The normalized spacial score (nSPS) is 11.5. The van der Waals surface area contributed by atoms with Gasteiger partial charge in [0.1, 0.15) is 11.2 Å². The molecule has 0 fully saturated rings. The van der Waals surface area contributed by atoms with E-state index in [1.807, 2.05) is 17.4 Å². The molecule has 0 aliphatic heterocycles. The number of hydrogen-bond acceptors (Lipinski definition) is 3. The van der Waals surface area contributed by atoms with Crippen molar-refractivity contribution in [3.8, 4) is 66.8 Å². The van der Waals surface area contributed by atoms with Crippen LogP contribution in [0.15, 0.2) is 265 Å². The van der Waals surface area contributed by atoms with Crippen molar-refractivity contribution in [3.05, 3.63) is 261 Å². The number of benzene rings is 11. The maximum Gasteiger partial charge on any atom is 0.143 e. The second-order valence-electron chi connectivity index (χ2n) is 17.6. The maximum atomic E-state index is 6.53. The first kappa shape index (κ1) is 40.5. The van der Waals surface area contributed by atoms with Crippen LogP contribution in [0.2, 0.25) is 0 Å². The molecule has 0 aliphatic rings. The lowest BCUT2D eigenvalue weighted by atomic mass is 9.89. The van der Waals surface area contributed by atoms with Gasteiger partial charge in [-0.15, -0.1) is 11.3 Å². The third-order valence-corrected chi connectivity index (χ3v) is 14.7. The number of nitrogens with zero attached hydrogens (tertiary/aromatic N) is 1. The summed E-state index contributed by atoms with van der Waals surface area (Å²) >= 11 is 1.86. The molecule has 13 rings (SSSR count). The maximum absolute atomic E-state index is 6.53. The van der Waals surface area contributed by atoms with Crippen LogP contribution in [0.1, 0.15) is 0 Å². The number of rotatable bonds is 9. The van der Waals surface area contributed by atoms with Crippen molar-refractivity contribution >= 4 is 70.5 Å². The average Bonchev–Trinajstić information content (AvgIpc) is 4.00. The fraction of sp³-hybridized carbons (Fsp3) is 0. The molecule has 0 saturated carbocycles. The van der Waals surface area contributed by atoms with Gasteiger partial charge in [0.15, 0.2) is 0 Å². The third kappa shape index (κ3) is 7.37. The predicted molar refractivity (Wildman–Crippen MR) is 294 cm³/mol. The molecular weight excluding hydrogens is 855 g/mol. The van der Waals surface area contributed by atoms with Crippen LogP contribution in [0.5, 0.6) is 0 Å². The zero-order valence-corrected chi connectivity index (χ0v) is 38.4. The fourth-order valence-corrected chi connectivity index (χ4v) is 11.3. The van der Waals surface area contributed by atoms with Gasteiger partial charge < -0.3 is 9.32 Å². The number of para-hydroxylation sites is 1. The van der Waals surface area contributed by atoms with Gasteiger partial charge >= 0.3 is 0 Å². The summed E-state index contributed by atoms with van der Waals surface area (Å²) in [5, 5.41) is 4.87. The second kappa shape index (κ2) is 17.2. The van der Waals surface area contributed by atoms with Crippen molar-refractivity contribution in [1.29, 1.82) is 0 Å². The van der Waals surface area contributed by atoms with Crippen LogP contribution in [0.3, 0.4) is 0 Å². The largest absolute Gasteiger partial charge is 0.455 e. The van der Waals surface area contributed by atoms with E-state index in [-0.39, 0.29) is 0 Å². The lowest BCUT2D eigenvalue weighted by Gasteiger charge is -2.26. The van der Waals surface area contributed by atoms with Crippen molar-refractivity contribution in [1.82, 2.24) is 0 Å². The van der Waals surface area contributed by atoms with Gasteiger partial charge in [0.25, 0.3) is 0 Å². The number of hydrogen-bond donors (Lipinski definition) is 0. The Kier molecular flexibility index (Phi) is 10.1. The Morgan fingerprint density at radius 3 is 1.32 bits per heavy atom. The third-order valence-electron chi connectivity index (χ3n) is 13.5. The minimum atomic E-state index is 0.888. The lowest BCUT2D eigenvalue weighted by molar-refractivity contribution is 0.670. The summed E-state index contributed by atoms with van der Waals surface area (Å²) in [5.74, 6) is 0. The van der Waals surface area contributed by atoms with E-state index < -0.39 is 0 Å². The fourth-order valence-electron chi connectivity index (χ4n) is 10.1. The van der Waals surface area contributed by atoms with Crippen LogP contribution >= 0.6 is 11.3 Å². The molecule has 0 unspecified atom stereocenters. The van der Waals surface area contributed by atoms with E-state index in [1.165, 1.54) is 59.1 Å². The Morgan fingerprint density at radius 2 is 0.696 bits per heavy atom.